The Kier molecular flexibility index (Phi) is 4.50. The highest BCUT2D eigenvalue weighted by atomic mass is 19.3. The minimum absolute atomic E-state index is 0.318. The molecule has 1 aliphatic rings. The molecule has 0 radical (unpaired) electrons. The Morgan fingerprint density at radius 3 is 2.50 bits per heavy atom. The number of hydrogen-bond acceptors (Lipinski definition) is 5. The summed E-state index contributed by atoms with van der Waals surface area (Å²) in [5.74, 6) is -4.43. The number of hydrogen-bond donors (Lipinski definition) is 2. The molecule has 3 rings (SSSR count). The highest BCUT2D eigenvalue weighted by Gasteiger charge is 2.66. The van der Waals surface area contributed by atoms with E-state index in [-0.39, 0.29) is 5.56 Å². The zero-order chi connectivity index (χ0) is 20.7. The van der Waals surface area contributed by atoms with Crippen LogP contribution in [-0.4, -0.2) is 17.5 Å². The number of aliphatic imine (C=N–C) groups is 1. The van der Waals surface area contributed by atoms with Crippen LogP contribution in [0.1, 0.15) is 31.9 Å². The lowest BCUT2D eigenvalue weighted by Gasteiger charge is -2.47. The van der Waals surface area contributed by atoms with Crippen molar-refractivity contribution in [2.75, 3.05) is 5.32 Å². The Morgan fingerprint density at radius 1 is 1.14 bits per heavy atom. The fourth-order valence-electron chi connectivity index (χ4n) is 3.26. The Bertz CT molecular complexity index is 997. The lowest BCUT2D eigenvalue weighted by Crippen LogP contribution is -2.62. The number of benzene rings is 2. The van der Waals surface area contributed by atoms with E-state index in [0.29, 0.717) is 16.9 Å². The van der Waals surface area contributed by atoms with Gasteiger partial charge in [0.15, 0.2) is 0 Å². The highest BCUT2D eigenvalue weighted by molar-refractivity contribution is 5.74. The molecule has 2 aromatic rings. The third-order valence-corrected chi connectivity index (χ3v) is 4.87. The van der Waals surface area contributed by atoms with Gasteiger partial charge in [-0.1, -0.05) is 12.1 Å². The van der Waals surface area contributed by atoms with Crippen molar-refractivity contribution in [3.05, 3.63) is 59.4 Å². The number of nitriles is 1. The molecule has 3 N–H and O–H groups in total. The SMILES string of the molecule is CC1(C)N=C(N)O[C@](C)(c2cc(Nc3ccccc3C#N)ccc2F)C1(F)F. The van der Waals surface area contributed by atoms with Crippen LogP contribution in [0.25, 0.3) is 0 Å². The number of amidine groups is 1. The maximum absolute atomic E-state index is 15.2. The zero-order valence-electron chi connectivity index (χ0n) is 15.6. The average Bonchev–Trinajstić information content (AvgIpc) is 2.61. The van der Waals surface area contributed by atoms with Crippen molar-refractivity contribution in [3.8, 4) is 6.07 Å². The van der Waals surface area contributed by atoms with Gasteiger partial charge in [0.25, 0.3) is 6.02 Å². The van der Waals surface area contributed by atoms with Crippen LogP contribution < -0.4 is 11.1 Å². The number of anilines is 2. The van der Waals surface area contributed by atoms with Gasteiger partial charge in [-0.05, 0) is 51.1 Å². The quantitative estimate of drug-likeness (QED) is 0.816. The van der Waals surface area contributed by atoms with Crippen molar-refractivity contribution in [3.63, 3.8) is 0 Å². The Balaban J connectivity index is 2.09. The summed E-state index contributed by atoms with van der Waals surface area (Å²) >= 11 is 0. The lowest BCUT2D eigenvalue weighted by atomic mass is 9.78. The summed E-state index contributed by atoms with van der Waals surface area (Å²) in [5, 5.41) is 12.2. The molecular weight excluding hydrogens is 369 g/mol. The standard InChI is InChI=1S/C20H19F3N4O/c1-18(2)20(22,23)19(3,28-17(25)27-18)14-10-13(8-9-15(14)21)26-16-7-5-4-6-12(16)11-24/h4-10,26H,1-3H3,(H2,25,27)/t19-/m1/s1. The van der Waals surface area contributed by atoms with Gasteiger partial charge in [-0.3, -0.25) is 0 Å². The number of nitrogens with one attached hydrogen (secondary N) is 1. The van der Waals surface area contributed by atoms with E-state index in [1.165, 1.54) is 26.0 Å². The number of halogens is 3. The smallest absolute Gasteiger partial charge is 0.315 e. The summed E-state index contributed by atoms with van der Waals surface area (Å²) in [7, 11) is 0. The van der Waals surface area contributed by atoms with Gasteiger partial charge in [0.05, 0.1) is 11.3 Å². The normalized spacial score (nSPS) is 22.5. The minimum atomic E-state index is -3.56. The van der Waals surface area contributed by atoms with Gasteiger partial charge in [0.1, 0.15) is 17.4 Å². The Hall–Kier alpha value is -3.21. The molecule has 0 spiro atoms. The fraction of sp³-hybridized carbons (Fsp3) is 0.300. The predicted octanol–water partition coefficient (Wildman–Crippen LogP) is 4.41. The number of rotatable bonds is 3. The topological polar surface area (TPSA) is 83.4 Å². The molecule has 0 unspecified atom stereocenters. The first-order valence-corrected chi connectivity index (χ1v) is 8.50. The maximum Gasteiger partial charge on any atom is 0.315 e. The van der Waals surface area contributed by atoms with Crippen LogP contribution in [-0.2, 0) is 10.3 Å². The van der Waals surface area contributed by atoms with Gasteiger partial charge < -0.3 is 15.8 Å². The molecule has 0 aromatic heterocycles. The summed E-state index contributed by atoms with van der Waals surface area (Å²) in [5.41, 5.74) is 2.11. The molecule has 0 saturated carbocycles. The van der Waals surface area contributed by atoms with Gasteiger partial charge in [-0.25, -0.2) is 9.38 Å². The molecule has 2 aromatic carbocycles. The Labute approximate surface area is 160 Å². The molecule has 28 heavy (non-hydrogen) atoms. The molecule has 1 atom stereocenters. The van der Waals surface area contributed by atoms with E-state index in [0.717, 1.165) is 13.0 Å². The van der Waals surface area contributed by atoms with E-state index < -0.39 is 28.9 Å². The highest BCUT2D eigenvalue weighted by Crippen LogP contribution is 2.51. The molecule has 1 heterocycles. The van der Waals surface area contributed by atoms with E-state index in [9.17, 15) is 9.65 Å². The number of alkyl halides is 2. The molecule has 0 fully saturated rings. The second kappa shape index (κ2) is 6.44. The number of nitrogens with zero attached hydrogens (tertiary/aromatic N) is 2. The first-order chi connectivity index (χ1) is 13.0. The zero-order valence-corrected chi connectivity index (χ0v) is 15.6. The van der Waals surface area contributed by atoms with E-state index in [4.69, 9.17) is 10.5 Å². The van der Waals surface area contributed by atoms with Crippen LogP contribution in [0.4, 0.5) is 24.5 Å². The number of para-hydroxylation sites is 1. The van der Waals surface area contributed by atoms with E-state index in [1.807, 2.05) is 6.07 Å². The van der Waals surface area contributed by atoms with Crippen molar-refractivity contribution in [1.82, 2.24) is 0 Å². The molecule has 1 aliphatic heterocycles. The van der Waals surface area contributed by atoms with Gasteiger partial charge >= 0.3 is 5.92 Å². The van der Waals surface area contributed by atoms with Crippen LogP contribution in [0.3, 0.4) is 0 Å². The summed E-state index contributed by atoms with van der Waals surface area (Å²) < 4.78 is 50.3. The van der Waals surface area contributed by atoms with Crippen LogP contribution in [0.5, 0.6) is 0 Å². The van der Waals surface area contributed by atoms with Gasteiger partial charge in [0, 0.05) is 11.3 Å². The molecule has 0 bridgehead atoms. The molecule has 0 amide bonds. The predicted molar refractivity (Wildman–Crippen MR) is 99.9 cm³/mol. The minimum Gasteiger partial charge on any atom is -0.448 e. The van der Waals surface area contributed by atoms with Crippen molar-refractivity contribution in [2.45, 2.75) is 37.8 Å². The molecule has 146 valence electrons. The molecule has 0 aliphatic carbocycles. The lowest BCUT2D eigenvalue weighted by molar-refractivity contribution is -0.215. The maximum atomic E-state index is 15.2. The fourth-order valence-corrected chi connectivity index (χ4v) is 3.26. The summed E-state index contributed by atoms with van der Waals surface area (Å²) in [6, 6.07) is 11.9. The summed E-state index contributed by atoms with van der Waals surface area (Å²) in [6.07, 6.45) is 0. The second-order valence-electron chi connectivity index (χ2n) is 7.20. The van der Waals surface area contributed by atoms with Crippen LogP contribution >= 0.6 is 0 Å². The molecule has 8 heteroatoms. The van der Waals surface area contributed by atoms with E-state index in [1.54, 1.807) is 24.3 Å². The molecule has 5 nitrogen and oxygen atoms in total. The molecular formula is C20H19F3N4O. The van der Waals surface area contributed by atoms with Gasteiger partial charge in [0.2, 0.25) is 5.60 Å². The van der Waals surface area contributed by atoms with Crippen LogP contribution in [0.15, 0.2) is 47.5 Å². The van der Waals surface area contributed by atoms with Gasteiger partial charge in [-0.2, -0.15) is 14.0 Å². The summed E-state index contributed by atoms with van der Waals surface area (Å²) in [4.78, 5) is 3.68. The van der Waals surface area contributed by atoms with E-state index in [2.05, 4.69) is 10.3 Å². The average molecular weight is 388 g/mol. The van der Waals surface area contributed by atoms with Crippen molar-refractivity contribution in [1.29, 1.82) is 5.26 Å². The first kappa shape index (κ1) is 19.5. The van der Waals surface area contributed by atoms with Crippen molar-refractivity contribution in [2.24, 2.45) is 10.7 Å². The Morgan fingerprint density at radius 2 is 1.82 bits per heavy atom. The third-order valence-electron chi connectivity index (χ3n) is 4.87. The van der Waals surface area contributed by atoms with E-state index >= 15 is 8.78 Å². The monoisotopic (exact) mass is 388 g/mol. The summed E-state index contributed by atoms with van der Waals surface area (Å²) in [6.45, 7) is 3.51. The largest absolute Gasteiger partial charge is 0.448 e. The second-order valence-corrected chi connectivity index (χ2v) is 7.20. The van der Waals surface area contributed by atoms with Crippen LogP contribution in [0, 0.1) is 17.1 Å². The third kappa shape index (κ3) is 2.93. The van der Waals surface area contributed by atoms with Crippen molar-refractivity contribution >= 4 is 17.4 Å². The van der Waals surface area contributed by atoms with Crippen LogP contribution in [0.2, 0.25) is 0 Å². The van der Waals surface area contributed by atoms with Crippen molar-refractivity contribution < 1.29 is 17.9 Å². The number of ether oxygens (including phenoxy) is 1. The molecule has 0 saturated heterocycles. The van der Waals surface area contributed by atoms with Gasteiger partial charge in [-0.15, -0.1) is 0 Å². The first-order valence-electron chi connectivity index (χ1n) is 8.50. The number of nitrogens with two attached hydrogens (primary N) is 1.